The van der Waals surface area contributed by atoms with Crippen LogP contribution in [-0.2, 0) is 16.1 Å². The number of amides is 1. The number of carbonyl (C=O) groups is 1. The van der Waals surface area contributed by atoms with Crippen LogP contribution in [0.5, 0.6) is 0 Å². The smallest absolute Gasteiger partial charge is 0.257 e. The third-order valence-electron chi connectivity index (χ3n) is 7.68. The number of pyridine rings is 1. The van der Waals surface area contributed by atoms with Crippen LogP contribution in [0.15, 0.2) is 30.3 Å². The lowest BCUT2D eigenvalue weighted by Gasteiger charge is -2.38. The van der Waals surface area contributed by atoms with E-state index in [1.165, 1.54) is 23.5 Å². The van der Waals surface area contributed by atoms with Crippen LogP contribution in [0.4, 0.5) is 25.4 Å². The Bertz CT molecular complexity index is 1690. The van der Waals surface area contributed by atoms with Crippen LogP contribution in [0.3, 0.4) is 0 Å². The van der Waals surface area contributed by atoms with E-state index >= 15 is 4.39 Å². The zero-order valence-electron chi connectivity index (χ0n) is 23.0. The number of fused-ring (bicyclic) bond motifs is 1. The van der Waals surface area contributed by atoms with Gasteiger partial charge in [-0.1, -0.05) is 11.3 Å². The summed E-state index contributed by atoms with van der Waals surface area (Å²) in [6, 6.07) is 9.68. The van der Waals surface area contributed by atoms with Crippen LogP contribution in [-0.4, -0.2) is 87.7 Å². The molecule has 14 heteroatoms. The topological polar surface area (TPSA) is 124 Å². The Kier molecular flexibility index (Phi) is 7.25. The predicted octanol–water partition coefficient (Wildman–Crippen LogP) is 3.29. The van der Waals surface area contributed by atoms with Crippen molar-refractivity contribution in [2.75, 3.05) is 56.2 Å². The van der Waals surface area contributed by atoms with Crippen LogP contribution in [0.2, 0.25) is 0 Å². The Hall–Kier alpha value is -4.19. The van der Waals surface area contributed by atoms with Gasteiger partial charge in [-0.2, -0.15) is 19.7 Å². The summed E-state index contributed by atoms with van der Waals surface area (Å²) in [5, 5.41) is 26.0. The first-order valence-electron chi connectivity index (χ1n) is 13.5. The highest BCUT2D eigenvalue weighted by Gasteiger charge is 2.43. The van der Waals surface area contributed by atoms with Gasteiger partial charge in [-0.15, -0.1) is 0 Å². The summed E-state index contributed by atoms with van der Waals surface area (Å²) < 4.78 is 35.7. The Morgan fingerprint density at radius 2 is 1.95 bits per heavy atom. The molecule has 42 heavy (non-hydrogen) atoms. The minimum absolute atomic E-state index is 0.0146. The van der Waals surface area contributed by atoms with Gasteiger partial charge in [0.15, 0.2) is 16.4 Å². The van der Waals surface area contributed by atoms with E-state index in [0.717, 1.165) is 0 Å². The largest absolute Gasteiger partial charge is 0.378 e. The molecule has 0 spiro atoms. The number of nitriles is 1. The van der Waals surface area contributed by atoms with E-state index in [4.69, 9.17) is 9.72 Å². The second kappa shape index (κ2) is 10.9. The highest BCUT2D eigenvalue weighted by molar-refractivity contribution is 7.16. The first kappa shape index (κ1) is 28.0. The number of nitrogens with zero attached hydrogens (tertiary/aromatic N) is 8. The normalized spacial score (nSPS) is 19.0. The maximum atomic E-state index is 15.3. The number of anilines is 3. The number of ether oxygens (including phenoxy) is 1. The molecule has 4 aromatic rings. The summed E-state index contributed by atoms with van der Waals surface area (Å²) in [6.45, 7) is 4.07. The van der Waals surface area contributed by atoms with Crippen LogP contribution < -0.4 is 9.80 Å². The minimum atomic E-state index is -1.50. The highest BCUT2D eigenvalue weighted by atomic mass is 32.1. The molecule has 0 unspecified atom stereocenters. The number of carbonyl (C=O) groups excluding carboxylic acids is 1. The van der Waals surface area contributed by atoms with Gasteiger partial charge in [0.1, 0.15) is 28.3 Å². The van der Waals surface area contributed by atoms with E-state index in [2.05, 4.69) is 16.2 Å². The SMILES string of the molecule is CCn1nc2nc(F)c(N3CCN(C(=O)[C@@]4(O)CCOC4)CC3)cc2c1N(C)c1nc(-c2ccc(F)cc2)c(C#N)s1. The van der Waals surface area contributed by atoms with Gasteiger partial charge >= 0.3 is 0 Å². The van der Waals surface area contributed by atoms with E-state index in [1.54, 1.807) is 39.7 Å². The number of aryl methyl sites for hydroxylation is 1. The third kappa shape index (κ3) is 4.83. The van der Waals surface area contributed by atoms with E-state index in [1.807, 2.05) is 11.8 Å². The molecule has 2 aliphatic rings. The minimum Gasteiger partial charge on any atom is -0.378 e. The van der Waals surface area contributed by atoms with Crippen molar-refractivity contribution in [3.8, 4) is 17.3 Å². The number of benzene rings is 1. The van der Waals surface area contributed by atoms with Crippen molar-refractivity contribution in [2.24, 2.45) is 0 Å². The molecule has 5 heterocycles. The number of hydrogen-bond acceptors (Lipinski definition) is 10. The Morgan fingerprint density at radius 3 is 2.60 bits per heavy atom. The maximum Gasteiger partial charge on any atom is 0.257 e. The summed E-state index contributed by atoms with van der Waals surface area (Å²) in [5.74, 6) is -0.781. The van der Waals surface area contributed by atoms with Crippen molar-refractivity contribution in [3.05, 3.63) is 47.0 Å². The molecule has 2 aliphatic heterocycles. The lowest BCUT2D eigenvalue weighted by molar-refractivity contribution is -0.151. The van der Waals surface area contributed by atoms with Crippen molar-refractivity contribution >= 4 is 44.9 Å². The lowest BCUT2D eigenvalue weighted by atomic mass is 10.0. The van der Waals surface area contributed by atoms with Crippen molar-refractivity contribution in [1.29, 1.82) is 5.26 Å². The molecule has 0 radical (unpaired) electrons. The Labute approximate surface area is 244 Å². The van der Waals surface area contributed by atoms with Crippen molar-refractivity contribution < 1.29 is 23.4 Å². The molecular formula is C28H28F2N8O3S. The zero-order valence-corrected chi connectivity index (χ0v) is 23.9. The molecule has 0 aliphatic carbocycles. The van der Waals surface area contributed by atoms with Crippen LogP contribution in [0, 0.1) is 23.1 Å². The number of aromatic nitrogens is 4. The quantitative estimate of drug-likeness (QED) is 0.335. The second-order valence-electron chi connectivity index (χ2n) is 10.3. The first-order valence-corrected chi connectivity index (χ1v) is 14.4. The highest BCUT2D eigenvalue weighted by Crippen LogP contribution is 2.39. The van der Waals surface area contributed by atoms with E-state index in [0.29, 0.717) is 71.8 Å². The second-order valence-corrected chi connectivity index (χ2v) is 11.3. The van der Waals surface area contributed by atoms with Gasteiger partial charge < -0.3 is 24.5 Å². The van der Waals surface area contributed by atoms with Crippen LogP contribution >= 0.6 is 11.3 Å². The van der Waals surface area contributed by atoms with Crippen molar-refractivity contribution in [3.63, 3.8) is 0 Å². The molecule has 0 saturated carbocycles. The summed E-state index contributed by atoms with van der Waals surface area (Å²) >= 11 is 1.19. The number of aliphatic hydroxyl groups is 1. The fourth-order valence-electron chi connectivity index (χ4n) is 5.40. The van der Waals surface area contributed by atoms with Crippen LogP contribution in [0.1, 0.15) is 18.2 Å². The molecule has 2 saturated heterocycles. The first-order chi connectivity index (χ1) is 20.2. The van der Waals surface area contributed by atoms with Gasteiger partial charge in [0.25, 0.3) is 5.91 Å². The average Bonchev–Trinajstić information content (AvgIpc) is 3.73. The zero-order chi connectivity index (χ0) is 29.6. The maximum absolute atomic E-state index is 15.3. The third-order valence-corrected chi connectivity index (χ3v) is 8.72. The standard InChI is InChI=1S/C28H28F2N8O3S/c1-3-38-25(35(2)27-32-22(21(15-31)42-27)17-4-6-18(29)7-5-17)19-14-20(23(30)33-24(19)34-38)36-9-11-37(12-10-36)26(39)28(40)8-13-41-16-28/h4-7,14,40H,3,8-13,16H2,1-2H3/t28-/m1/s1. The molecule has 218 valence electrons. The van der Waals surface area contributed by atoms with Gasteiger partial charge in [0.2, 0.25) is 5.95 Å². The van der Waals surface area contributed by atoms with Gasteiger partial charge in [-0.05, 0) is 37.3 Å². The molecule has 1 N–H and O–H groups in total. The summed E-state index contributed by atoms with van der Waals surface area (Å²) in [4.78, 5) is 27.3. The summed E-state index contributed by atoms with van der Waals surface area (Å²) in [7, 11) is 1.79. The van der Waals surface area contributed by atoms with Gasteiger partial charge in [0, 0.05) is 51.8 Å². The fraction of sp³-hybridized carbons (Fsp3) is 0.393. The van der Waals surface area contributed by atoms with Crippen molar-refractivity contribution in [1.82, 2.24) is 24.6 Å². The van der Waals surface area contributed by atoms with Gasteiger partial charge in [-0.3, -0.25) is 4.79 Å². The number of halogens is 2. The molecule has 1 atom stereocenters. The monoisotopic (exact) mass is 594 g/mol. The average molecular weight is 595 g/mol. The number of hydrogen-bond donors (Lipinski definition) is 1. The summed E-state index contributed by atoms with van der Waals surface area (Å²) in [5.41, 5.74) is 0.0795. The lowest BCUT2D eigenvalue weighted by Crippen LogP contribution is -2.56. The molecule has 1 amide bonds. The number of piperazine rings is 1. The molecule has 1 aromatic carbocycles. The Balaban J connectivity index is 1.31. The predicted molar refractivity (Wildman–Crippen MR) is 153 cm³/mol. The molecule has 11 nitrogen and oxygen atoms in total. The van der Waals surface area contributed by atoms with E-state index < -0.39 is 11.5 Å². The number of thiazole rings is 1. The van der Waals surface area contributed by atoms with E-state index in [9.17, 15) is 19.6 Å². The van der Waals surface area contributed by atoms with Crippen molar-refractivity contribution in [2.45, 2.75) is 25.5 Å². The van der Waals surface area contributed by atoms with Crippen LogP contribution in [0.25, 0.3) is 22.3 Å². The van der Waals surface area contributed by atoms with Gasteiger partial charge in [-0.25, -0.2) is 14.1 Å². The molecule has 3 aromatic heterocycles. The Morgan fingerprint density at radius 1 is 1.21 bits per heavy atom. The molecular weight excluding hydrogens is 566 g/mol. The van der Waals surface area contributed by atoms with Gasteiger partial charge in [0.05, 0.1) is 24.3 Å². The molecule has 0 bridgehead atoms. The fourth-order valence-corrected chi connectivity index (χ4v) is 6.25. The molecule has 2 fully saturated rings. The number of rotatable bonds is 6. The van der Waals surface area contributed by atoms with E-state index in [-0.39, 0.29) is 36.1 Å². The summed E-state index contributed by atoms with van der Waals surface area (Å²) in [6.07, 6.45) is 0.263. The molecule has 6 rings (SSSR count).